The highest BCUT2D eigenvalue weighted by molar-refractivity contribution is 5.92. The van der Waals surface area contributed by atoms with Gasteiger partial charge < -0.3 is 15.5 Å². The Hall–Kier alpha value is -2.44. The van der Waals surface area contributed by atoms with Gasteiger partial charge >= 0.3 is 0 Å². The number of likely N-dealkylation sites (tertiary alicyclic amines) is 1. The summed E-state index contributed by atoms with van der Waals surface area (Å²) in [6.45, 7) is 1.89. The number of hydrogen-bond donors (Lipinski definition) is 2. The van der Waals surface area contributed by atoms with Crippen molar-refractivity contribution in [2.45, 2.75) is 76.4 Å². The normalized spacial score (nSPS) is 33.1. The van der Waals surface area contributed by atoms with Crippen LogP contribution in [-0.2, 0) is 20.8 Å². The van der Waals surface area contributed by atoms with E-state index >= 15 is 0 Å². The average Bonchev–Trinajstić information content (AvgIpc) is 3.26. The second kappa shape index (κ2) is 9.07. The van der Waals surface area contributed by atoms with Gasteiger partial charge in [0.25, 0.3) is 0 Å². The standard InChI is InChI=1S/C26H34FN3O3/c1-15(31)28-22(14-16-4-6-21(27)7-5-16)26(33)30-8-2-3-23(30)25(32)29-24-19-10-17-9-18(12-19)13-20(24)11-17/h4-7,17-20,22-24H,2-3,8-14H2,1H3,(H,28,31)(H,29,32). The monoisotopic (exact) mass is 455 g/mol. The highest BCUT2D eigenvalue weighted by Crippen LogP contribution is 2.53. The Kier molecular flexibility index (Phi) is 6.14. The quantitative estimate of drug-likeness (QED) is 0.693. The summed E-state index contributed by atoms with van der Waals surface area (Å²) in [6.07, 6.45) is 7.97. The number of nitrogens with zero attached hydrogens (tertiary/aromatic N) is 1. The van der Waals surface area contributed by atoms with Gasteiger partial charge in [-0.05, 0) is 86.3 Å². The molecule has 1 aromatic rings. The van der Waals surface area contributed by atoms with Gasteiger partial charge in [0.05, 0.1) is 0 Å². The van der Waals surface area contributed by atoms with Crippen molar-refractivity contribution in [1.29, 1.82) is 0 Å². The number of halogens is 1. The van der Waals surface area contributed by atoms with Crippen LogP contribution in [0, 0.1) is 29.5 Å². The van der Waals surface area contributed by atoms with Crippen molar-refractivity contribution in [2.75, 3.05) is 6.54 Å². The molecule has 0 spiro atoms. The Labute approximate surface area is 194 Å². The molecule has 6 rings (SSSR count). The second-order valence-corrected chi connectivity index (χ2v) is 10.7. The van der Waals surface area contributed by atoms with Crippen LogP contribution in [0.1, 0.15) is 57.4 Å². The number of nitrogens with one attached hydrogen (secondary N) is 2. The van der Waals surface area contributed by atoms with E-state index in [1.165, 1.54) is 51.2 Å². The van der Waals surface area contributed by atoms with Crippen molar-refractivity contribution in [2.24, 2.45) is 23.7 Å². The third-order valence-corrected chi connectivity index (χ3v) is 8.40. The molecule has 6 nitrogen and oxygen atoms in total. The highest BCUT2D eigenvalue weighted by Gasteiger charge is 2.49. The van der Waals surface area contributed by atoms with Crippen molar-refractivity contribution < 1.29 is 18.8 Å². The van der Waals surface area contributed by atoms with E-state index in [0.717, 1.165) is 23.8 Å². The fraction of sp³-hybridized carbons (Fsp3) is 0.654. The molecule has 178 valence electrons. The zero-order valence-electron chi connectivity index (χ0n) is 19.3. The maximum absolute atomic E-state index is 13.5. The topological polar surface area (TPSA) is 78.5 Å². The number of rotatable bonds is 6. The third-order valence-electron chi connectivity index (χ3n) is 8.40. The lowest BCUT2D eigenvalue weighted by atomic mass is 9.54. The largest absolute Gasteiger partial charge is 0.351 e. The van der Waals surface area contributed by atoms with Crippen LogP contribution in [0.2, 0.25) is 0 Å². The average molecular weight is 456 g/mol. The smallest absolute Gasteiger partial charge is 0.246 e. The summed E-state index contributed by atoms with van der Waals surface area (Å²) in [5.41, 5.74) is 0.761. The van der Waals surface area contributed by atoms with Crippen LogP contribution < -0.4 is 10.6 Å². The van der Waals surface area contributed by atoms with Crippen LogP contribution in [0.4, 0.5) is 4.39 Å². The first-order chi connectivity index (χ1) is 15.9. The molecule has 1 aliphatic heterocycles. The number of carbonyl (C=O) groups excluding carboxylic acids is 3. The van der Waals surface area contributed by atoms with Crippen molar-refractivity contribution in [3.05, 3.63) is 35.6 Å². The van der Waals surface area contributed by atoms with Gasteiger partial charge in [-0.3, -0.25) is 14.4 Å². The van der Waals surface area contributed by atoms with E-state index in [9.17, 15) is 18.8 Å². The first kappa shape index (κ1) is 22.4. The molecule has 1 heterocycles. The van der Waals surface area contributed by atoms with Crippen molar-refractivity contribution in [3.63, 3.8) is 0 Å². The number of hydrogen-bond acceptors (Lipinski definition) is 3. The Morgan fingerprint density at radius 3 is 2.27 bits per heavy atom. The zero-order valence-corrected chi connectivity index (χ0v) is 19.3. The molecule has 5 fully saturated rings. The van der Waals surface area contributed by atoms with Gasteiger partial charge in [-0.1, -0.05) is 12.1 Å². The second-order valence-electron chi connectivity index (χ2n) is 10.7. The molecule has 4 saturated carbocycles. The van der Waals surface area contributed by atoms with Crippen LogP contribution in [-0.4, -0.2) is 47.3 Å². The van der Waals surface area contributed by atoms with Crippen LogP contribution in [0.3, 0.4) is 0 Å². The molecule has 3 amide bonds. The van der Waals surface area contributed by atoms with E-state index in [-0.39, 0.29) is 36.0 Å². The zero-order chi connectivity index (χ0) is 23.1. The van der Waals surface area contributed by atoms with Crippen molar-refractivity contribution >= 4 is 17.7 Å². The van der Waals surface area contributed by atoms with Gasteiger partial charge in [0, 0.05) is 25.9 Å². The lowest BCUT2D eigenvalue weighted by Crippen LogP contribution is -2.59. The van der Waals surface area contributed by atoms with Crippen LogP contribution >= 0.6 is 0 Å². The first-order valence-corrected chi connectivity index (χ1v) is 12.5. The van der Waals surface area contributed by atoms with Gasteiger partial charge in [-0.2, -0.15) is 0 Å². The number of amides is 3. The Balaban J connectivity index is 1.26. The lowest BCUT2D eigenvalue weighted by molar-refractivity contribution is -0.142. The molecular formula is C26H34FN3O3. The molecule has 2 N–H and O–H groups in total. The molecule has 2 atom stereocenters. The van der Waals surface area contributed by atoms with E-state index in [4.69, 9.17) is 0 Å². The van der Waals surface area contributed by atoms with Gasteiger partial charge in [0.1, 0.15) is 17.9 Å². The van der Waals surface area contributed by atoms with Gasteiger partial charge in [-0.15, -0.1) is 0 Å². The molecule has 4 aliphatic carbocycles. The maximum atomic E-state index is 13.5. The van der Waals surface area contributed by atoms with Gasteiger partial charge in [-0.25, -0.2) is 4.39 Å². The Morgan fingerprint density at radius 2 is 1.67 bits per heavy atom. The van der Waals surface area contributed by atoms with Crippen LogP contribution in [0.15, 0.2) is 24.3 Å². The van der Waals surface area contributed by atoms with E-state index < -0.39 is 12.1 Å². The SMILES string of the molecule is CC(=O)NC(Cc1ccc(F)cc1)C(=O)N1CCCC1C(=O)NC1C2CC3CC(C2)CC1C3. The fourth-order valence-corrected chi connectivity index (χ4v) is 7.23. The summed E-state index contributed by atoms with van der Waals surface area (Å²) >= 11 is 0. The summed E-state index contributed by atoms with van der Waals surface area (Å²) in [5.74, 6) is 1.93. The summed E-state index contributed by atoms with van der Waals surface area (Å²) in [6, 6.07) is 4.93. The van der Waals surface area contributed by atoms with Crippen LogP contribution in [0.25, 0.3) is 0 Å². The maximum Gasteiger partial charge on any atom is 0.246 e. The molecule has 4 bridgehead atoms. The van der Waals surface area contributed by atoms with Crippen LogP contribution in [0.5, 0.6) is 0 Å². The fourth-order valence-electron chi connectivity index (χ4n) is 7.23. The van der Waals surface area contributed by atoms with Gasteiger partial charge in [0.15, 0.2) is 0 Å². The molecule has 0 aromatic heterocycles. The first-order valence-electron chi connectivity index (χ1n) is 12.5. The van der Waals surface area contributed by atoms with E-state index in [1.807, 2.05) is 0 Å². The third kappa shape index (κ3) is 4.64. The molecule has 33 heavy (non-hydrogen) atoms. The molecule has 5 aliphatic rings. The highest BCUT2D eigenvalue weighted by atomic mass is 19.1. The number of carbonyl (C=O) groups is 3. The van der Waals surface area contributed by atoms with E-state index in [1.54, 1.807) is 17.0 Å². The Bertz CT molecular complexity index is 890. The van der Waals surface area contributed by atoms with Crippen molar-refractivity contribution in [1.82, 2.24) is 15.5 Å². The molecule has 2 unspecified atom stereocenters. The van der Waals surface area contributed by atoms with Crippen molar-refractivity contribution in [3.8, 4) is 0 Å². The molecule has 1 aromatic carbocycles. The number of benzene rings is 1. The molecule has 7 heteroatoms. The minimum atomic E-state index is -0.775. The summed E-state index contributed by atoms with van der Waals surface area (Å²) < 4.78 is 13.3. The molecule has 0 radical (unpaired) electrons. The summed E-state index contributed by atoms with van der Waals surface area (Å²) in [5, 5.41) is 6.11. The van der Waals surface area contributed by atoms with Gasteiger partial charge in [0.2, 0.25) is 17.7 Å². The van der Waals surface area contributed by atoms with E-state index in [2.05, 4.69) is 10.6 Å². The minimum absolute atomic E-state index is 0.0401. The molecule has 1 saturated heterocycles. The van der Waals surface area contributed by atoms with E-state index in [0.29, 0.717) is 24.8 Å². The molecular weight excluding hydrogens is 421 g/mol. The summed E-state index contributed by atoms with van der Waals surface area (Å²) in [4.78, 5) is 40.3. The predicted molar refractivity (Wildman–Crippen MR) is 121 cm³/mol. The minimum Gasteiger partial charge on any atom is -0.351 e. The Morgan fingerprint density at radius 1 is 1.03 bits per heavy atom. The lowest BCUT2D eigenvalue weighted by Gasteiger charge is -2.54. The predicted octanol–water partition coefficient (Wildman–Crippen LogP) is 2.80. The summed E-state index contributed by atoms with van der Waals surface area (Å²) in [7, 11) is 0.